The van der Waals surface area contributed by atoms with E-state index in [1.807, 2.05) is 23.8 Å². The number of nitrogens with zero attached hydrogens (tertiary/aromatic N) is 4. The van der Waals surface area contributed by atoms with Crippen LogP contribution in [0.15, 0.2) is 18.3 Å². The zero-order valence-corrected chi connectivity index (χ0v) is 11.6. The molecule has 0 saturated carbocycles. The molecule has 0 bridgehead atoms. The van der Waals surface area contributed by atoms with Crippen LogP contribution in [0.2, 0.25) is 0 Å². The molecule has 2 aromatic heterocycles. The van der Waals surface area contributed by atoms with Gasteiger partial charge in [-0.3, -0.25) is 0 Å². The summed E-state index contributed by atoms with van der Waals surface area (Å²) >= 11 is 0. The third kappa shape index (κ3) is 2.42. The zero-order valence-electron chi connectivity index (χ0n) is 11.6. The van der Waals surface area contributed by atoms with Crippen molar-refractivity contribution in [3.8, 4) is 0 Å². The van der Waals surface area contributed by atoms with Gasteiger partial charge in [-0.25, -0.2) is 4.52 Å². The van der Waals surface area contributed by atoms with Gasteiger partial charge in [0.15, 0.2) is 5.65 Å². The predicted octanol–water partition coefficient (Wildman–Crippen LogP) is 1.62. The standard InChI is InChI=1S/C14H21N5/c1-11-6-7-13-16-14(17-19(13)10-11)18-8-4-3-5-12(18)9-15-2/h6-7,10,12,15H,3-5,8-9H2,1-2H3. The molecular formula is C14H21N5. The number of aromatic nitrogens is 3. The van der Waals surface area contributed by atoms with E-state index in [9.17, 15) is 0 Å². The molecule has 1 fully saturated rings. The first-order chi connectivity index (χ1) is 9.28. The molecule has 1 aliphatic rings. The van der Waals surface area contributed by atoms with Crippen molar-refractivity contribution in [3.63, 3.8) is 0 Å². The topological polar surface area (TPSA) is 45.5 Å². The fourth-order valence-corrected chi connectivity index (χ4v) is 2.81. The van der Waals surface area contributed by atoms with Gasteiger partial charge in [-0.15, -0.1) is 5.10 Å². The van der Waals surface area contributed by atoms with Gasteiger partial charge in [0.2, 0.25) is 5.95 Å². The van der Waals surface area contributed by atoms with Gasteiger partial charge in [-0.1, -0.05) is 6.07 Å². The Balaban J connectivity index is 1.92. The Hall–Kier alpha value is -1.62. The van der Waals surface area contributed by atoms with Crippen molar-refractivity contribution in [2.45, 2.75) is 32.2 Å². The van der Waals surface area contributed by atoms with Gasteiger partial charge >= 0.3 is 0 Å². The molecule has 0 aromatic carbocycles. The van der Waals surface area contributed by atoms with Gasteiger partial charge in [-0.05, 0) is 44.9 Å². The van der Waals surface area contributed by atoms with Crippen LogP contribution in [0.1, 0.15) is 24.8 Å². The number of piperidine rings is 1. The van der Waals surface area contributed by atoms with Crippen LogP contribution in [0.3, 0.4) is 0 Å². The minimum absolute atomic E-state index is 0.511. The molecule has 102 valence electrons. The average Bonchev–Trinajstić information content (AvgIpc) is 2.82. The number of likely N-dealkylation sites (N-methyl/N-ethyl adjacent to an activating group) is 1. The first-order valence-electron chi connectivity index (χ1n) is 7.02. The van der Waals surface area contributed by atoms with E-state index in [-0.39, 0.29) is 0 Å². The van der Waals surface area contributed by atoms with Crippen LogP contribution in [0.5, 0.6) is 0 Å². The summed E-state index contributed by atoms with van der Waals surface area (Å²) in [5.74, 6) is 0.866. The molecule has 1 N–H and O–H groups in total. The maximum Gasteiger partial charge on any atom is 0.245 e. The Kier molecular flexibility index (Phi) is 3.38. The minimum atomic E-state index is 0.511. The summed E-state index contributed by atoms with van der Waals surface area (Å²) in [4.78, 5) is 7.01. The molecule has 1 saturated heterocycles. The quantitative estimate of drug-likeness (QED) is 0.909. The lowest BCUT2D eigenvalue weighted by Crippen LogP contribution is -2.45. The number of nitrogens with one attached hydrogen (secondary N) is 1. The van der Waals surface area contributed by atoms with Gasteiger partial charge in [0.05, 0.1) is 0 Å². The summed E-state index contributed by atoms with van der Waals surface area (Å²) in [6.07, 6.45) is 5.78. The third-order valence-corrected chi connectivity index (χ3v) is 3.79. The fourth-order valence-electron chi connectivity index (χ4n) is 2.81. The predicted molar refractivity (Wildman–Crippen MR) is 76.6 cm³/mol. The molecule has 5 heteroatoms. The Bertz CT molecular complexity index is 560. The molecule has 0 amide bonds. The molecule has 2 aromatic rings. The van der Waals surface area contributed by atoms with Crippen molar-refractivity contribution >= 4 is 11.6 Å². The molecule has 0 radical (unpaired) electrons. The SMILES string of the molecule is CNCC1CCCCN1c1nc2ccc(C)cn2n1. The molecule has 19 heavy (non-hydrogen) atoms. The van der Waals surface area contributed by atoms with Gasteiger partial charge in [0.25, 0.3) is 0 Å². The van der Waals surface area contributed by atoms with Crippen LogP contribution >= 0.6 is 0 Å². The van der Waals surface area contributed by atoms with Crippen LogP contribution < -0.4 is 10.2 Å². The molecule has 3 heterocycles. The Labute approximate surface area is 113 Å². The van der Waals surface area contributed by atoms with E-state index in [0.29, 0.717) is 6.04 Å². The van der Waals surface area contributed by atoms with Gasteiger partial charge in [0.1, 0.15) is 0 Å². The second-order valence-corrected chi connectivity index (χ2v) is 5.32. The highest BCUT2D eigenvalue weighted by atomic mass is 15.4. The molecule has 1 aliphatic heterocycles. The van der Waals surface area contributed by atoms with Gasteiger partial charge in [0, 0.05) is 25.3 Å². The first-order valence-corrected chi connectivity index (χ1v) is 7.02. The first kappa shape index (κ1) is 12.4. The van der Waals surface area contributed by atoms with E-state index in [1.165, 1.54) is 24.8 Å². The monoisotopic (exact) mass is 259 g/mol. The number of rotatable bonds is 3. The number of aryl methyl sites for hydroxylation is 1. The number of hydrogen-bond acceptors (Lipinski definition) is 4. The maximum atomic E-state index is 4.66. The molecule has 1 unspecified atom stereocenters. The van der Waals surface area contributed by atoms with E-state index in [4.69, 9.17) is 0 Å². The van der Waals surface area contributed by atoms with Crippen molar-refractivity contribution in [3.05, 3.63) is 23.9 Å². The van der Waals surface area contributed by atoms with E-state index < -0.39 is 0 Å². The van der Waals surface area contributed by atoms with Gasteiger partial charge in [-0.2, -0.15) is 4.98 Å². The van der Waals surface area contributed by atoms with Crippen LogP contribution in [-0.4, -0.2) is 40.8 Å². The smallest absolute Gasteiger partial charge is 0.245 e. The largest absolute Gasteiger partial charge is 0.335 e. The number of pyridine rings is 1. The summed E-state index contributed by atoms with van der Waals surface area (Å²) in [6.45, 7) is 4.13. The molecule has 0 spiro atoms. The number of hydrogen-bond donors (Lipinski definition) is 1. The summed E-state index contributed by atoms with van der Waals surface area (Å²) in [7, 11) is 2.01. The molecule has 5 nitrogen and oxygen atoms in total. The second-order valence-electron chi connectivity index (χ2n) is 5.32. The number of fused-ring (bicyclic) bond motifs is 1. The van der Waals surface area contributed by atoms with E-state index >= 15 is 0 Å². The molecule has 3 rings (SSSR count). The van der Waals surface area contributed by atoms with Gasteiger partial charge < -0.3 is 10.2 Å². The minimum Gasteiger partial charge on any atom is -0.335 e. The highest BCUT2D eigenvalue weighted by molar-refractivity contribution is 5.46. The normalized spacial score (nSPS) is 20.1. The molecule has 0 aliphatic carbocycles. The van der Waals surface area contributed by atoms with E-state index in [0.717, 1.165) is 24.7 Å². The fraction of sp³-hybridized carbons (Fsp3) is 0.571. The van der Waals surface area contributed by atoms with Crippen LogP contribution in [0, 0.1) is 6.92 Å². The van der Waals surface area contributed by atoms with Crippen molar-refractivity contribution in [1.29, 1.82) is 0 Å². The molecular weight excluding hydrogens is 238 g/mol. The Morgan fingerprint density at radius 2 is 2.26 bits per heavy atom. The summed E-state index contributed by atoms with van der Waals surface area (Å²) in [6, 6.07) is 4.62. The lowest BCUT2D eigenvalue weighted by atomic mass is 10.0. The Morgan fingerprint density at radius 3 is 3.11 bits per heavy atom. The van der Waals surface area contributed by atoms with Crippen molar-refractivity contribution in [2.75, 3.05) is 25.0 Å². The van der Waals surface area contributed by atoms with Crippen LogP contribution in [0.4, 0.5) is 5.95 Å². The summed E-state index contributed by atoms with van der Waals surface area (Å²) in [5.41, 5.74) is 2.13. The number of anilines is 1. The summed E-state index contributed by atoms with van der Waals surface area (Å²) in [5, 5.41) is 7.91. The lowest BCUT2D eigenvalue weighted by molar-refractivity contribution is 0.440. The highest BCUT2D eigenvalue weighted by Crippen LogP contribution is 2.22. The maximum absolute atomic E-state index is 4.66. The summed E-state index contributed by atoms with van der Waals surface area (Å²) < 4.78 is 1.88. The second kappa shape index (κ2) is 5.17. The van der Waals surface area contributed by atoms with E-state index in [2.05, 4.69) is 33.3 Å². The van der Waals surface area contributed by atoms with Crippen molar-refractivity contribution in [1.82, 2.24) is 19.9 Å². The molecule has 1 atom stereocenters. The average molecular weight is 259 g/mol. The Morgan fingerprint density at radius 1 is 1.37 bits per heavy atom. The lowest BCUT2D eigenvalue weighted by Gasteiger charge is -2.34. The van der Waals surface area contributed by atoms with Crippen molar-refractivity contribution < 1.29 is 0 Å². The van der Waals surface area contributed by atoms with E-state index in [1.54, 1.807) is 0 Å². The highest BCUT2D eigenvalue weighted by Gasteiger charge is 2.24. The van der Waals surface area contributed by atoms with Crippen LogP contribution in [0.25, 0.3) is 5.65 Å². The van der Waals surface area contributed by atoms with Crippen LogP contribution in [-0.2, 0) is 0 Å². The third-order valence-electron chi connectivity index (χ3n) is 3.79. The van der Waals surface area contributed by atoms with Crippen molar-refractivity contribution in [2.24, 2.45) is 0 Å². The zero-order chi connectivity index (χ0) is 13.2.